The molecule has 0 aliphatic carbocycles. The van der Waals surface area contributed by atoms with Crippen LogP contribution in [0.1, 0.15) is 24.3 Å². The maximum Gasteiger partial charge on any atom is 0.244 e. The summed E-state index contributed by atoms with van der Waals surface area (Å²) in [4.78, 5) is 2.33. The zero-order chi connectivity index (χ0) is 19.3. The fourth-order valence-corrected chi connectivity index (χ4v) is 4.45. The molecule has 0 radical (unpaired) electrons. The topological polar surface area (TPSA) is 81.0 Å². The Balaban J connectivity index is 1.82. The maximum atomic E-state index is 13.0. The summed E-state index contributed by atoms with van der Waals surface area (Å²) in [6.45, 7) is 4.88. The largest absolute Gasteiger partial charge is 0.495 e. The molecule has 1 aromatic carbocycles. The Hall–Kier alpha value is -1.87. The number of nitrogens with zero attached hydrogens (tertiary/aromatic N) is 1. The third-order valence-corrected chi connectivity index (χ3v) is 6.20. The van der Waals surface area contributed by atoms with Gasteiger partial charge in [-0.1, -0.05) is 13.0 Å². The average Bonchev–Trinajstić information content (AvgIpc) is 3.23. The number of rotatable bonds is 8. The van der Waals surface area contributed by atoms with Crippen LogP contribution >= 0.6 is 0 Å². The molecule has 8 heteroatoms. The fourth-order valence-electron chi connectivity index (χ4n) is 3.20. The van der Waals surface area contributed by atoms with Crippen LogP contribution in [0.2, 0.25) is 0 Å². The Bertz CT molecular complexity index is 830. The molecule has 7 nitrogen and oxygen atoms in total. The standard InChI is InChI=1S/C19H26N2O5S/c1-3-15-6-7-18(24-2)19(13-15)27(22,23)20-14-16(17-5-4-10-26-17)21-8-11-25-12-9-21/h4-7,10,13,16,20H,3,8-9,11-12,14H2,1-2H3. The number of morpholine rings is 1. The predicted molar refractivity (Wildman–Crippen MR) is 101 cm³/mol. The number of ether oxygens (including phenoxy) is 2. The summed E-state index contributed by atoms with van der Waals surface area (Å²) in [5.41, 5.74) is 0.937. The molecule has 2 heterocycles. The van der Waals surface area contributed by atoms with Crippen LogP contribution in [0, 0.1) is 0 Å². The molecule has 0 bridgehead atoms. The Morgan fingerprint density at radius 1 is 1.26 bits per heavy atom. The van der Waals surface area contributed by atoms with Gasteiger partial charge in [-0.3, -0.25) is 4.90 Å². The van der Waals surface area contributed by atoms with Crippen molar-refractivity contribution in [1.29, 1.82) is 0 Å². The lowest BCUT2D eigenvalue weighted by atomic mass is 10.2. The molecule has 1 unspecified atom stereocenters. The highest BCUT2D eigenvalue weighted by Gasteiger charge is 2.28. The van der Waals surface area contributed by atoms with Gasteiger partial charge in [0.25, 0.3) is 0 Å². The number of methoxy groups -OCH3 is 1. The smallest absolute Gasteiger partial charge is 0.244 e. The zero-order valence-corrected chi connectivity index (χ0v) is 16.5. The minimum Gasteiger partial charge on any atom is -0.495 e. The van der Waals surface area contributed by atoms with E-state index in [1.807, 2.05) is 25.1 Å². The van der Waals surface area contributed by atoms with Crippen molar-refractivity contribution in [1.82, 2.24) is 9.62 Å². The molecule has 27 heavy (non-hydrogen) atoms. The SMILES string of the molecule is CCc1ccc(OC)c(S(=O)(=O)NCC(c2ccco2)N2CCOCC2)c1. The van der Waals surface area contributed by atoms with Gasteiger partial charge in [-0.15, -0.1) is 0 Å². The first-order valence-corrected chi connectivity index (χ1v) is 10.5. The first-order chi connectivity index (χ1) is 13.0. The van der Waals surface area contributed by atoms with Crippen molar-refractivity contribution in [2.24, 2.45) is 0 Å². The summed E-state index contributed by atoms with van der Waals surface area (Å²) < 4.78 is 44.9. The molecule has 1 atom stereocenters. The van der Waals surface area contributed by atoms with Crippen LogP contribution in [0.4, 0.5) is 0 Å². The van der Waals surface area contributed by atoms with Gasteiger partial charge < -0.3 is 13.9 Å². The van der Waals surface area contributed by atoms with Crippen LogP contribution < -0.4 is 9.46 Å². The van der Waals surface area contributed by atoms with Crippen LogP contribution in [-0.2, 0) is 21.2 Å². The molecular weight excluding hydrogens is 368 g/mol. The van der Waals surface area contributed by atoms with Crippen LogP contribution in [-0.4, -0.2) is 53.3 Å². The van der Waals surface area contributed by atoms with Crippen molar-refractivity contribution in [3.63, 3.8) is 0 Å². The van der Waals surface area contributed by atoms with Gasteiger partial charge in [-0.25, -0.2) is 13.1 Å². The average molecular weight is 394 g/mol. The van der Waals surface area contributed by atoms with Crippen LogP contribution in [0.15, 0.2) is 45.9 Å². The number of hydrogen-bond acceptors (Lipinski definition) is 6. The van der Waals surface area contributed by atoms with Crippen molar-refractivity contribution in [3.8, 4) is 5.75 Å². The molecule has 0 spiro atoms. The Morgan fingerprint density at radius 2 is 2.04 bits per heavy atom. The molecule has 1 aromatic heterocycles. The molecule has 148 valence electrons. The summed E-state index contributed by atoms with van der Waals surface area (Å²) in [5, 5.41) is 0. The van der Waals surface area contributed by atoms with Gasteiger partial charge >= 0.3 is 0 Å². The Kier molecular flexibility index (Phi) is 6.54. The lowest BCUT2D eigenvalue weighted by molar-refractivity contribution is 0.0128. The third-order valence-electron chi connectivity index (χ3n) is 4.75. The van der Waals surface area contributed by atoms with Crippen LogP contribution in [0.25, 0.3) is 0 Å². The monoisotopic (exact) mass is 394 g/mol. The Morgan fingerprint density at radius 3 is 2.67 bits per heavy atom. The summed E-state index contributed by atoms with van der Waals surface area (Å²) in [7, 11) is -2.26. The summed E-state index contributed by atoms with van der Waals surface area (Å²) >= 11 is 0. The van der Waals surface area contributed by atoms with Gasteiger partial charge in [-0.05, 0) is 36.2 Å². The van der Waals surface area contributed by atoms with E-state index in [1.165, 1.54) is 7.11 Å². The fraction of sp³-hybridized carbons (Fsp3) is 0.474. The van der Waals surface area contributed by atoms with Gasteiger partial charge in [0.05, 0.1) is 32.6 Å². The highest BCUT2D eigenvalue weighted by molar-refractivity contribution is 7.89. The molecular formula is C19H26N2O5S. The highest BCUT2D eigenvalue weighted by Crippen LogP contribution is 2.27. The molecule has 1 saturated heterocycles. The number of furan rings is 1. The van der Waals surface area contributed by atoms with E-state index in [4.69, 9.17) is 13.9 Å². The predicted octanol–water partition coefficient (Wildman–Crippen LogP) is 2.20. The minimum absolute atomic E-state index is 0.157. The molecule has 0 amide bonds. The van der Waals surface area contributed by atoms with Gasteiger partial charge in [0.15, 0.2) is 0 Å². The third kappa shape index (κ3) is 4.70. The van der Waals surface area contributed by atoms with Crippen LogP contribution in [0.3, 0.4) is 0 Å². The van der Waals surface area contributed by atoms with E-state index < -0.39 is 10.0 Å². The molecule has 0 saturated carbocycles. The normalized spacial score (nSPS) is 17.0. The number of hydrogen-bond donors (Lipinski definition) is 1. The second-order valence-corrected chi connectivity index (χ2v) is 8.11. The zero-order valence-electron chi connectivity index (χ0n) is 15.7. The Labute approximate surface area is 160 Å². The van der Waals surface area contributed by atoms with Crippen molar-refractivity contribution in [2.45, 2.75) is 24.3 Å². The van der Waals surface area contributed by atoms with Crippen molar-refractivity contribution in [2.75, 3.05) is 40.0 Å². The van der Waals surface area contributed by atoms with Gasteiger partial charge in [0, 0.05) is 19.6 Å². The molecule has 1 fully saturated rings. The minimum atomic E-state index is -3.74. The van der Waals surface area contributed by atoms with Crippen molar-refractivity contribution >= 4 is 10.0 Å². The van der Waals surface area contributed by atoms with Gasteiger partial charge in [0.1, 0.15) is 16.4 Å². The van der Waals surface area contributed by atoms with E-state index in [0.717, 1.165) is 30.8 Å². The van der Waals surface area contributed by atoms with E-state index in [0.29, 0.717) is 19.0 Å². The van der Waals surface area contributed by atoms with Crippen LogP contribution in [0.5, 0.6) is 5.75 Å². The van der Waals surface area contributed by atoms with Crippen molar-refractivity contribution in [3.05, 3.63) is 47.9 Å². The molecule has 1 aliphatic heterocycles. The van der Waals surface area contributed by atoms with E-state index in [9.17, 15) is 8.42 Å². The molecule has 3 rings (SSSR count). The highest BCUT2D eigenvalue weighted by atomic mass is 32.2. The number of nitrogens with one attached hydrogen (secondary N) is 1. The van der Waals surface area contributed by atoms with E-state index in [-0.39, 0.29) is 17.5 Å². The number of sulfonamides is 1. The second kappa shape index (κ2) is 8.88. The second-order valence-electron chi connectivity index (χ2n) is 6.37. The molecule has 1 aliphatic rings. The van der Waals surface area contributed by atoms with Gasteiger partial charge in [-0.2, -0.15) is 0 Å². The van der Waals surface area contributed by atoms with E-state index in [2.05, 4.69) is 9.62 Å². The first kappa shape index (κ1) is 19.9. The molecule has 2 aromatic rings. The summed E-state index contributed by atoms with van der Waals surface area (Å²) in [6, 6.07) is 8.71. The summed E-state index contributed by atoms with van der Waals surface area (Å²) in [6.07, 6.45) is 2.35. The lowest BCUT2D eigenvalue weighted by Gasteiger charge is -2.33. The van der Waals surface area contributed by atoms with E-state index in [1.54, 1.807) is 18.4 Å². The maximum absolute atomic E-state index is 13.0. The number of aryl methyl sites for hydroxylation is 1. The lowest BCUT2D eigenvalue weighted by Crippen LogP contribution is -2.43. The summed E-state index contributed by atoms with van der Waals surface area (Å²) in [5.74, 6) is 1.06. The molecule has 1 N–H and O–H groups in total. The van der Waals surface area contributed by atoms with Gasteiger partial charge in [0.2, 0.25) is 10.0 Å². The van der Waals surface area contributed by atoms with E-state index >= 15 is 0 Å². The quantitative estimate of drug-likeness (QED) is 0.739. The van der Waals surface area contributed by atoms with Crippen molar-refractivity contribution < 1.29 is 22.3 Å². The number of benzene rings is 1. The first-order valence-electron chi connectivity index (χ1n) is 9.07.